The molecule has 0 amide bonds. The third kappa shape index (κ3) is 1.90. The van der Waals surface area contributed by atoms with Gasteiger partial charge in [0.25, 0.3) is 0 Å². The van der Waals surface area contributed by atoms with E-state index in [-0.39, 0.29) is 0 Å². The van der Waals surface area contributed by atoms with Crippen molar-refractivity contribution in [1.82, 2.24) is 0 Å². The maximum absolute atomic E-state index is 6.06. The largest absolute Gasteiger partial charge is 0.397 e. The summed E-state index contributed by atoms with van der Waals surface area (Å²) in [6, 6.07) is 6.31. The molecule has 0 aromatic heterocycles. The van der Waals surface area contributed by atoms with Gasteiger partial charge in [-0.2, -0.15) is 0 Å². The molecule has 3 rings (SSSR count). The Labute approximate surface area is 110 Å². The van der Waals surface area contributed by atoms with E-state index in [4.69, 9.17) is 5.73 Å². The van der Waals surface area contributed by atoms with E-state index in [1.54, 1.807) is 0 Å². The third-order valence-electron chi connectivity index (χ3n) is 4.11. The number of hydrogen-bond acceptors (Lipinski definition) is 2. The molecule has 1 spiro atoms. The lowest BCUT2D eigenvalue weighted by atomic mass is 9.93. The number of piperidine rings is 1. The fourth-order valence-corrected chi connectivity index (χ4v) is 3.16. The zero-order valence-corrected chi connectivity index (χ0v) is 11.5. The van der Waals surface area contributed by atoms with Gasteiger partial charge in [0.15, 0.2) is 0 Å². The van der Waals surface area contributed by atoms with Gasteiger partial charge in [0.1, 0.15) is 0 Å². The molecule has 1 aromatic carbocycles. The molecule has 3 heteroatoms. The standard InChI is InChI=1S/C13H17IN2/c14-10-1-2-11(15)12(9-10)16-7-5-13(3-4-13)6-8-16/h1-2,9H,3-8,15H2. The van der Waals surface area contributed by atoms with Gasteiger partial charge in [0.05, 0.1) is 11.4 Å². The van der Waals surface area contributed by atoms with Crippen molar-refractivity contribution >= 4 is 34.0 Å². The highest BCUT2D eigenvalue weighted by molar-refractivity contribution is 14.1. The Morgan fingerprint density at radius 2 is 1.81 bits per heavy atom. The molecular formula is C13H17IN2. The molecule has 0 bridgehead atoms. The summed E-state index contributed by atoms with van der Waals surface area (Å²) in [4.78, 5) is 2.46. The van der Waals surface area contributed by atoms with Crippen molar-refractivity contribution in [3.63, 3.8) is 0 Å². The van der Waals surface area contributed by atoms with E-state index in [1.165, 1.54) is 48.0 Å². The SMILES string of the molecule is Nc1ccc(I)cc1N1CCC2(CC1)CC2. The predicted octanol–water partition coefficient (Wildman–Crippen LogP) is 3.25. The zero-order valence-electron chi connectivity index (χ0n) is 9.38. The lowest BCUT2D eigenvalue weighted by Crippen LogP contribution is -2.34. The zero-order chi connectivity index (χ0) is 11.2. The molecule has 1 saturated heterocycles. The minimum Gasteiger partial charge on any atom is -0.397 e. The monoisotopic (exact) mass is 328 g/mol. The Bertz CT molecular complexity index is 402. The van der Waals surface area contributed by atoms with E-state index < -0.39 is 0 Å². The van der Waals surface area contributed by atoms with Crippen molar-refractivity contribution in [3.05, 3.63) is 21.8 Å². The first-order valence-electron chi connectivity index (χ1n) is 5.99. The summed E-state index contributed by atoms with van der Waals surface area (Å²) in [7, 11) is 0. The van der Waals surface area contributed by atoms with Gasteiger partial charge in [-0.15, -0.1) is 0 Å². The summed E-state index contributed by atoms with van der Waals surface area (Å²) in [6.45, 7) is 2.37. The minimum absolute atomic E-state index is 0.743. The fourth-order valence-electron chi connectivity index (χ4n) is 2.69. The second-order valence-corrected chi connectivity index (χ2v) is 6.44. The van der Waals surface area contributed by atoms with Gasteiger partial charge in [-0.3, -0.25) is 0 Å². The van der Waals surface area contributed by atoms with Crippen LogP contribution in [0.15, 0.2) is 18.2 Å². The van der Waals surface area contributed by atoms with Crippen LogP contribution in [0.5, 0.6) is 0 Å². The number of nitrogens with two attached hydrogens (primary N) is 1. The average molecular weight is 328 g/mol. The molecule has 0 atom stereocenters. The first kappa shape index (κ1) is 10.7. The van der Waals surface area contributed by atoms with Crippen LogP contribution < -0.4 is 10.6 Å². The summed E-state index contributed by atoms with van der Waals surface area (Å²) < 4.78 is 1.27. The molecule has 2 nitrogen and oxygen atoms in total. The second-order valence-electron chi connectivity index (χ2n) is 5.19. The van der Waals surface area contributed by atoms with Crippen molar-refractivity contribution in [2.75, 3.05) is 23.7 Å². The van der Waals surface area contributed by atoms with Crippen molar-refractivity contribution in [3.8, 4) is 0 Å². The summed E-state index contributed by atoms with van der Waals surface area (Å²) in [6.07, 6.45) is 5.64. The van der Waals surface area contributed by atoms with Crippen LogP contribution >= 0.6 is 22.6 Å². The van der Waals surface area contributed by atoms with Crippen molar-refractivity contribution in [2.45, 2.75) is 25.7 Å². The first-order valence-corrected chi connectivity index (χ1v) is 7.06. The molecule has 16 heavy (non-hydrogen) atoms. The van der Waals surface area contributed by atoms with Crippen molar-refractivity contribution in [1.29, 1.82) is 0 Å². The molecule has 1 aliphatic carbocycles. The number of nitrogen functional groups attached to an aromatic ring is 1. The van der Waals surface area contributed by atoms with E-state index in [0.29, 0.717) is 0 Å². The molecule has 1 saturated carbocycles. The number of rotatable bonds is 1. The number of nitrogens with zero attached hydrogens (tertiary/aromatic N) is 1. The third-order valence-corrected chi connectivity index (χ3v) is 4.79. The van der Waals surface area contributed by atoms with E-state index in [2.05, 4.69) is 39.6 Å². The van der Waals surface area contributed by atoms with Crippen LogP contribution in [0, 0.1) is 8.99 Å². The number of hydrogen-bond donors (Lipinski definition) is 1. The Morgan fingerprint density at radius 3 is 2.44 bits per heavy atom. The summed E-state index contributed by atoms with van der Waals surface area (Å²) >= 11 is 2.36. The smallest absolute Gasteiger partial charge is 0.0610 e. The van der Waals surface area contributed by atoms with Gasteiger partial charge >= 0.3 is 0 Å². The van der Waals surface area contributed by atoms with Crippen LogP contribution in [0.2, 0.25) is 0 Å². The maximum Gasteiger partial charge on any atom is 0.0610 e. The lowest BCUT2D eigenvalue weighted by molar-refractivity contribution is 0.384. The molecule has 0 unspecified atom stereocenters. The van der Waals surface area contributed by atoms with Gasteiger partial charge in [0, 0.05) is 16.7 Å². The van der Waals surface area contributed by atoms with Gasteiger partial charge in [-0.05, 0) is 71.9 Å². The number of halogens is 1. The minimum atomic E-state index is 0.743. The van der Waals surface area contributed by atoms with Gasteiger partial charge < -0.3 is 10.6 Å². The van der Waals surface area contributed by atoms with Crippen LogP contribution in [0.4, 0.5) is 11.4 Å². The maximum atomic E-state index is 6.06. The van der Waals surface area contributed by atoms with E-state index in [0.717, 1.165) is 11.1 Å². The summed E-state index contributed by atoms with van der Waals surface area (Å²) in [5, 5.41) is 0. The van der Waals surface area contributed by atoms with Crippen molar-refractivity contribution in [2.24, 2.45) is 5.41 Å². The molecule has 86 valence electrons. The lowest BCUT2D eigenvalue weighted by Gasteiger charge is -2.34. The Kier molecular flexibility index (Phi) is 2.53. The quantitative estimate of drug-likeness (QED) is 0.633. The highest BCUT2D eigenvalue weighted by atomic mass is 127. The van der Waals surface area contributed by atoms with Crippen LogP contribution in [0.3, 0.4) is 0 Å². The second kappa shape index (κ2) is 3.79. The normalized spacial score (nSPS) is 22.4. The topological polar surface area (TPSA) is 29.3 Å². The predicted molar refractivity (Wildman–Crippen MR) is 76.7 cm³/mol. The molecule has 2 N–H and O–H groups in total. The fraction of sp³-hybridized carbons (Fsp3) is 0.538. The Hall–Kier alpha value is -0.450. The van der Waals surface area contributed by atoms with Gasteiger partial charge in [-0.25, -0.2) is 0 Å². The Balaban J connectivity index is 1.79. The molecule has 1 aromatic rings. The Morgan fingerprint density at radius 1 is 1.12 bits per heavy atom. The highest BCUT2D eigenvalue weighted by Gasteiger charge is 2.44. The molecule has 2 aliphatic rings. The molecule has 1 heterocycles. The molecule has 2 fully saturated rings. The summed E-state index contributed by atoms with van der Waals surface area (Å²) in [5.74, 6) is 0. The van der Waals surface area contributed by atoms with E-state index in [9.17, 15) is 0 Å². The van der Waals surface area contributed by atoms with Crippen LogP contribution in [-0.2, 0) is 0 Å². The number of benzene rings is 1. The summed E-state index contributed by atoms with van der Waals surface area (Å²) in [5.41, 5.74) is 8.96. The molecular weight excluding hydrogens is 311 g/mol. The van der Waals surface area contributed by atoms with Crippen LogP contribution in [0.25, 0.3) is 0 Å². The van der Waals surface area contributed by atoms with E-state index >= 15 is 0 Å². The van der Waals surface area contributed by atoms with Crippen LogP contribution in [-0.4, -0.2) is 13.1 Å². The first-order chi connectivity index (χ1) is 7.69. The van der Waals surface area contributed by atoms with Gasteiger partial charge in [0.2, 0.25) is 0 Å². The van der Waals surface area contributed by atoms with Gasteiger partial charge in [-0.1, -0.05) is 0 Å². The van der Waals surface area contributed by atoms with Crippen molar-refractivity contribution < 1.29 is 0 Å². The average Bonchev–Trinajstić information content (AvgIpc) is 3.03. The molecule has 1 aliphatic heterocycles. The number of anilines is 2. The highest BCUT2D eigenvalue weighted by Crippen LogP contribution is 2.54. The van der Waals surface area contributed by atoms with E-state index in [1.807, 2.05) is 6.07 Å². The van der Waals surface area contributed by atoms with Crippen LogP contribution in [0.1, 0.15) is 25.7 Å². The molecule has 0 radical (unpaired) electrons.